The van der Waals surface area contributed by atoms with Crippen LogP contribution in [0.2, 0.25) is 0 Å². The Morgan fingerprint density at radius 2 is 1.77 bits per heavy atom. The van der Waals surface area contributed by atoms with Crippen molar-refractivity contribution in [3.05, 3.63) is 53.1 Å². The zero-order valence-corrected chi connectivity index (χ0v) is 15.9. The SMILES string of the molecule is CS/C(=N\C#N)Nc1cc(C)c(Sc2ccccc2C(F)(F)F)c(C)c1. The molecule has 0 bridgehead atoms. The molecule has 2 aromatic carbocycles. The summed E-state index contributed by atoms with van der Waals surface area (Å²) in [5.41, 5.74) is 1.77. The van der Waals surface area contributed by atoms with Crippen molar-refractivity contribution >= 4 is 34.4 Å². The number of aliphatic imine (C=N–C) groups is 1. The van der Waals surface area contributed by atoms with Crippen LogP contribution in [-0.4, -0.2) is 11.4 Å². The molecular weight excluding hydrogens is 379 g/mol. The summed E-state index contributed by atoms with van der Waals surface area (Å²) in [5, 5.41) is 12.2. The average molecular weight is 395 g/mol. The number of rotatable bonds is 3. The van der Waals surface area contributed by atoms with E-state index in [2.05, 4.69) is 10.3 Å². The van der Waals surface area contributed by atoms with Crippen molar-refractivity contribution < 1.29 is 13.2 Å². The highest BCUT2D eigenvalue weighted by molar-refractivity contribution is 8.13. The van der Waals surface area contributed by atoms with E-state index in [0.29, 0.717) is 5.17 Å². The van der Waals surface area contributed by atoms with Gasteiger partial charge < -0.3 is 5.32 Å². The van der Waals surface area contributed by atoms with Crippen molar-refractivity contribution in [3.8, 4) is 6.19 Å². The number of benzene rings is 2. The highest BCUT2D eigenvalue weighted by atomic mass is 32.2. The first kappa shape index (κ1) is 20.2. The van der Waals surface area contributed by atoms with Crippen LogP contribution in [-0.2, 0) is 6.18 Å². The van der Waals surface area contributed by atoms with Gasteiger partial charge in [0.05, 0.1) is 5.56 Å². The normalized spacial score (nSPS) is 12.0. The lowest BCUT2D eigenvalue weighted by Crippen LogP contribution is -2.08. The quantitative estimate of drug-likeness (QED) is 0.388. The fraction of sp³-hybridized carbons (Fsp3) is 0.222. The van der Waals surface area contributed by atoms with Crippen LogP contribution in [0.1, 0.15) is 16.7 Å². The van der Waals surface area contributed by atoms with Gasteiger partial charge in [-0.2, -0.15) is 18.4 Å². The Morgan fingerprint density at radius 3 is 2.31 bits per heavy atom. The van der Waals surface area contributed by atoms with Gasteiger partial charge in [0, 0.05) is 15.5 Å². The molecule has 2 rings (SSSR count). The standard InChI is InChI=1S/C18H16F3N3S2/c1-11-8-13(24-17(25-3)23-10-22)9-12(2)16(11)26-15-7-5-4-6-14(15)18(19,20)21/h4-9H,1-3H3,(H,23,24). The predicted molar refractivity (Wildman–Crippen MR) is 102 cm³/mol. The molecule has 0 fully saturated rings. The van der Waals surface area contributed by atoms with Crippen molar-refractivity contribution in [2.45, 2.75) is 29.8 Å². The first-order valence-corrected chi connectivity index (χ1v) is 9.53. The number of nitrogens with zero attached hydrogens (tertiary/aromatic N) is 2. The van der Waals surface area contributed by atoms with E-state index in [-0.39, 0.29) is 4.90 Å². The molecule has 0 radical (unpaired) electrons. The fourth-order valence-electron chi connectivity index (χ4n) is 2.38. The van der Waals surface area contributed by atoms with E-state index in [1.807, 2.05) is 26.0 Å². The second-order valence-electron chi connectivity index (χ2n) is 5.38. The number of nitriles is 1. The lowest BCUT2D eigenvalue weighted by molar-refractivity contribution is -0.139. The molecule has 0 atom stereocenters. The van der Waals surface area contributed by atoms with E-state index >= 15 is 0 Å². The Balaban J connectivity index is 2.36. The number of alkyl halides is 3. The molecule has 0 aliphatic carbocycles. The summed E-state index contributed by atoms with van der Waals surface area (Å²) >= 11 is 2.40. The van der Waals surface area contributed by atoms with Gasteiger partial charge in [0.2, 0.25) is 6.19 Å². The second kappa shape index (κ2) is 8.52. The van der Waals surface area contributed by atoms with Crippen LogP contribution in [0, 0.1) is 25.3 Å². The van der Waals surface area contributed by atoms with Gasteiger partial charge in [-0.05, 0) is 55.5 Å². The Morgan fingerprint density at radius 1 is 1.15 bits per heavy atom. The highest BCUT2D eigenvalue weighted by Crippen LogP contribution is 2.41. The number of halogens is 3. The van der Waals surface area contributed by atoms with Gasteiger partial charge in [0.25, 0.3) is 0 Å². The van der Waals surface area contributed by atoms with Crippen molar-refractivity contribution in [2.24, 2.45) is 4.99 Å². The molecule has 0 aliphatic rings. The molecule has 3 nitrogen and oxygen atoms in total. The van der Waals surface area contributed by atoms with Gasteiger partial charge in [0.1, 0.15) is 0 Å². The third kappa shape index (κ3) is 4.96. The summed E-state index contributed by atoms with van der Waals surface area (Å²) in [6, 6.07) is 9.21. The Labute approximate surface area is 158 Å². The highest BCUT2D eigenvalue weighted by Gasteiger charge is 2.33. The summed E-state index contributed by atoms with van der Waals surface area (Å²) in [4.78, 5) is 4.61. The lowest BCUT2D eigenvalue weighted by atomic mass is 10.1. The van der Waals surface area contributed by atoms with Crippen LogP contribution in [0.3, 0.4) is 0 Å². The minimum Gasteiger partial charge on any atom is -0.334 e. The summed E-state index contributed by atoms with van der Waals surface area (Å²) in [7, 11) is 0. The lowest BCUT2D eigenvalue weighted by Gasteiger charge is -2.16. The molecule has 0 aromatic heterocycles. The van der Waals surface area contributed by atoms with E-state index in [0.717, 1.165) is 39.5 Å². The summed E-state index contributed by atoms with van der Waals surface area (Å²) < 4.78 is 39.6. The van der Waals surface area contributed by atoms with E-state index in [4.69, 9.17) is 5.26 Å². The molecular formula is C18H16F3N3S2. The predicted octanol–water partition coefficient (Wildman–Crippen LogP) is 6.09. The van der Waals surface area contributed by atoms with Crippen LogP contribution in [0.4, 0.5) is 18.9 Å². The van der Waals surface area contributed by atoms with Crippen LogP contribution < -0.4 is 5.32 Å². The fourth-order valence-corrected chi connectivity index (χ4v) is 3.83. The van der Waals surface area contributed by atoms with Crippen LogP contribution in [0.15, 0.2) is 51.2 Å². The molecule has 136 valence electrons. The summed E-state index contributed by atoms with van der Waals surface area (Å²) in [6.07, 6.45) is -0.876. The summed E-state index contributed by atoms with van der Waals surface area (Å²) in [5.74, 6) is 0. The van der Waals surface area contributed by atoms with E-state index in [1.54, 1.807) is 18.5 Å². The molecule has 0 saturated heterocycles. The van der Waals surface area contributed by atoms with Crippen LogP contribution in [0.5, 0.6) is 0 Å². The average Bonchev–Trinajstić information content (AvgIpc) is 2.57. The number of hydrogen-bond donors (Lipinski definition) is 1. The zero-order valence-electron chi connectivity index (χ0n) is 14.3. The number of hydrogen-bond acceptors (Lipinski definition) is 4. The Hall–Kier alpha value is -2.11. The van der Waals surface area contributed by atoms with Gasteiger partial charge in [0.15, 0.2) is 5.17 Å². The van der Waals surface area contributed by atoms with Crippen LogP contribution >= 0.6 is 23.5 Å². The van der Waals surface area contributed by atoms with Crippen molar-refractivity contribution in [2.75, 3.05) is 11.6 Å². The molecule has 2 aromatic rings. The molecule has 0 aliphatic heterocycles. The second-order valence-corrected chi connectivity index (χ2v) is 7.23. The van der Waals surface area contributed by atoms with Gasteiger partial charge >= 0.3 is 6.18 Å². The van der Waals surface area contributed by atoms with Gasteiger partial charge in [-0.25, -0.2) is 0 Å². The number of aryl methyl sites for hydroxylation is 2. The van der Waals surface area contributed by atoms with E-state index in [1.165, 1.54) is 23.9 Å². The van der Waals surface area contributed by atoms with Crippen molar-refractivity contribution in [1.29, 1.82) is 5.26 Å². The third-order valence-corrected chi connectivity index (χ3v) is 5.47. The maximum Gasteiger partial charge on any atom is 0.417 e. The van der Waals surface area contributed by atoms with E-state index in [9.17, 15) is 13.2 Å². The van der Waals surface area contributed by atoms with Crippen molar-refractivity contribution in [1.82, 2.24) is 0 Å². The number of nitrogens with one attached hydrogen (secondary N) is 1. The van der Waals surface area contributed by atoms with Gasteiger partial charge in [-0.15, -0.1) is 4.99 Å². The summed E-state index contributed by atoms with van der Waals surface area (Å²) in [6.45, 7) is 3.69. The zero-order chi connectivity index (χ0) is 19.3. The maximum atomic E-state index is 13.2. The molecule has 0 saturated carbocycles. The minimum absolute atomic E-state index is 0.169. The monoisotopic (exact) mass is 395 g/mol. The number of amidine groups is 1. The molecule has 0 unspecified atom stereocenters. The Bertz CT molecular complexity index is 848. The molecule has 26 heavy (non-hydrogen) atoms. The molecule has 0 heterocycles. The first-order valence-electron chi connectivity index (χ1n) is 7.49. The van der Waals surface area contributed by atoms with E-state index < -0.39 is 11.7 Å². The number of thioether (sulfide) groups is 1. The topological polar surface area (TPSA) is 48.2 Å². The maximum absolute atomic E-state index is 13.2. The molecule has 1 N–H and O–H groups in total. The van der Waals surface area contributed by atoms with Crippen molar-refractivity contribution in [3.63, 3.8) is 0 Å². The minimum atomic E-state index is -4.39. The van der Waals surface area contributed by atoms with Gasteiger partial charge in [-0.1, -0.05) is 35.7 Å². The Kier molecular flexibility index (Phi) is 6.62. The first-order chi connectivity index (χ1) is 12.3. The van der Waals surface area contributed by atoms with Crippen LogP contribution in [0.25, 0.3) is 0 Å². The van der Waals surface area contributed by atoms with Gasteiger partial charge in [-0.3, -0.25) is 0 Å². The third-order valence-electron chi connectivity index (χ3n) is 3.46. The molecule has 0 amide bonds. The molecule has 0 spiro atoms. The smallest absolute Gasteiger partial charge is 0.334 e. The molecule has 8 heteroatoms. The number of anilines is 1. The largest absolute Gasteiger partial charge is 0.417 e.